The number of halogens is 1. The second-order valence-corrected chi connectivity index (χ2v) is 9.58. The summed E-state index contributed by atoms with van der Waals surface area (Å²) in [5.41, 5.74) is 2.33. The number of aliphatic hydroxyl groups is 1. The van der Waals surface area contributed by atoms with E-state index >= 15 is 0 Å². The van der Waals surface area contributed by atoms with Crippen LogP contribution in [0, 0.1) is 5.82 Å². The molecule has 0 saturated carbocycles. The van der Waals surface area contributed by atoms with E-state index in [2.05, 4.69) is 5.32 Å². The van der Waals surface area contributed by atoms with Crippen LogP contribution in [0.4, 0.5) is 14.9 Å². The van der Waals surface area contributed by atoms with Gasteiger partial charge in [0.05, 0.1) is 11.7 Å². The lowest BCUT2D eigenvalue weighted by Gasteiger charge is -2.40. The Bertz CT molecular complexity index is 1270. The molecule has 38 heavy (non-hydrogen) atoms. The van der Waals surface area contributed by atoms with Gasteiger partial charge in [-0.25, -0.2) is 14.0 Å². The number of amides is 1. The second-order valence-electron chi connectivity index (χ2n) is 9.58. The Morgan fingerprint density at radius 3 is 2.55 bits per heavy atom. The number of esters is 1. The smallest absolute Gasteiger partial charge is 0.411 e. The molecule has 0 radical (unpaired) electrons. The maximum Gasteiger partial charge on any atom is 0.411 e. The zero-order valence-corrected chi connectivity index (χ0v) is 21.4. The van der Waals surface area contributed by atoms with Crippen molar-refractivity contribution in [1.82, 2.24) is 0 Å². The first-order valence-corrected chi connectivity index (χ1v) is 12.8. The van der Waals surface area contributed by atoms with Crippen molar-refractivity contribution in [2.75, 3.05) is 5.32 Å². The maximum atomic E-state index is 13.3. The van der Waals surface area contributed by atoms with Gasteiger partial charge in [0.25, 0.3) is 0 Å². The summed E-state index contributed by atoms with van der Waals surface area (Å²) >= 11 is 0. The van der Waals surface area contributed by atoms with Crippen molar-refractivity contribution in [1.29, 1.82) is 0 Å². The molecular formula is C31H32FNO5. The molecule has 7 heteroatoms. The van der Waals surface area contributed by atoms with E-state index in [9.17, 15) is 19.1 Å². The predicted molar refractivity (Wildman–Crippen MR) is 144 cm³/mol. The number of ether oxygens (including phenoxy) is 2. The third kappa shape index (κ3) is 7.29. The summed E-state index contributed by atoms with van der Waals surface area (Å²) in [6, 6.07) is 22.6. The standard InChI is InChI=1S/C31H32FNO5/c1-2-16-31(17-15-22-11-13-25(32)14-12-22)20-28(34)27(29(35)38-31)19-24-9-6-10-26(18-24)33-30(36)37-21-23-7-4-3-5-8-23/h3-14,18-19,28,34H,2,15-17,20-21H2,1H3,(H,33,36)/b27-19-. The Morgan fingerprint density at radius 1 is 1.08 bits per heavy atom. The average Bonchev–Trinajstić information content (AvgIpc) is 2.90. The number of carbonyl (C=O) groups is 2. The number of rotatable bonds is 9. The van der Waals surface area contributed by atoms with Gasteiger partial charge in [-0.05, 0) is 66.3 Å². The minimum atomic E-state index is -0.997. The molecule has 2 N–H and O–H groups in total. The number of nitrogens with one attached hydrogen (secondary N) is 1. The molecule has 1 saturated heterocycles. The fourth-order valence-corrected chi connectivity index (χ4v) is 4.72. The molecule has 3 aromatic carbocycles. The number of anilines is 1. The second kappa shape index (κ2) is 12.5. The lowest BCUT2D eigenvalue weighted by Crippen LogP contribution is -2.46. The van der Waals surface area contributed by atoms with Crippen LogP contribution < -0.4 is 5.32 Å². The summed E-state index contributed by atoms with van der Waals surface area (Å²) in [6.07, 6.45) is 2.82. The third-order valence-corrected chi connectivity index (χ3v) is 6.63. The van der Waals surface area contributed by atoms with Gasteiger partial charge in [-0.2, -0.15) is 0 Å². The lowest BCUT2D eigenvalue weighted by atomic mass is 9.81. The molecule has 1 aliphatic heterocycles. The molecule has 3 aromatic rings. The molecule has 0 aromatic heterocycles. The van der Waals surface area contributed by atoms with Gasteiger partial charge >= 0.3 is 12.1 Å². The van der Waals surface area contributed by atoms with Crippen LogP contribution in [-0.4, -0.2) is 28.9 Å². The van der Waals surface area contributed by atoms with Crippen molar-refractivity contribution in [3.8, 4) is 0 Å². The highest BCUT2D eigenvalue weighted by Gasteiger charge is 2.43. The van der Waals surface area contributed by atoms with Gasteiger partial charge < -0.3 is 14.6 Å². The van der Waals surface area contributed by atoms with Crippen molar-refractivity contribution in [3.05, 3.63) is 107 Å². The molecule has 2 atom stereocenters. The monoisotopic (exact) mass is 517 g/mol. The molecular weight excluding hydrogens is 485 g/mol. The zero-order chi connectivity index (χ0) is 27.0. The van der Waals surface area contributed by atoms with Crippen LogP contribution in [0.1, 0.15) is 49.3 Å². The number of aliphatic hydroxyl groups excluding tert-OH is 1. The van der Waals surface area contributed by atoms with Crippen molar-refractivity contribution in [3.63, 3.8) is 0 Å². The Hall–Kier alpha value is -3.97. The first-order valence-electron chi connectivity index (χ1n) is 12.8. The van der Waals surface area contributed by atoms with E-state index in [1.807, 2.05) is 37.3 Å². The zero-order valence-electron chi connectivity index (χ0n) is 21.4. The molecule has 1 aliphatic rings. The minimum absolute atomic E-state index is 0.148. The number of carbonyl (C=O) groups excluding carboxylic acids is 2. The van der Waals surface area contributed by atoms with Crippen LogP contribution >= 0.6 is 0 Å². The number of hydrogen-bond acceptors (Lipinski definition) is 5. The SMILES string of the molecule is CCCC1(CCc2ccc(F)cc2)CC(O)/C(=C/c2cccc(NC(=O)OCc3ccccc3)c2)C(=O)O1. The minimum Gasteiger partial charge on any atom is -0.456 e. The van der Waals surface area contributed by atoms with E-state index in [4.69, 9.17) is 9.47 Å². The van der Waals surface area contributed by atoms with Gasteiger partial charge in [-0.15, -0.1) is 0 Å². The summed E-state index contributed by atoms with van der Waals surface area (Å²) in [5, 5.41) is 13.7. The molecule has 0 aliphatic carbocycles. The van der Waals surface area contributed by atoms with Crippen LogP contribution in [0.3, 0.4) is 0 Å². The van der Waals surface area contributed by atoms with Crippen LogP contribution in [0.15, 0.2) is 84.4 Å². The first kappa shape index (κ1) is 27.1. The highest BCUT2D eigenvalue weighted by molar-refractivity contribution is 5.96. The van der Waals surface area contributed by atoms with Gasteiger partial charge in [0.1, 0.15) is 18.0 Å². The molecule has 1 heterocycles. The molecule has 0 bridgehead atoms. The Balaban J connectivity index is 1.41. The van der Waals surface area contributed by atoms with Crippen molar-refractivity contribution in [2.45, 2.75) is 57.3 Å². The molecule has 1 fully saturated rings. The summed E-state index contributed by atoms with van der Waals surface area (Å²) in [7, 11) is 0. The predicted octanol–water partition coefficient (Wildman–Crippen LogP) is 6.44. The van der Waals surface area contributed by atoms with Crippen LogP contribution in [0.5, 0.6) is 0 Å². The van der Waals surface area contributed by atoms with E-state index in [0.29, 0.717) is 30.5 Å². The normalized spacial score (nSPS) is 20.1. The summed E-state index contributed by atoms with van der Waals surface area (Å²) in [4.78, 5) is 25.3. The molecule has 2 unspecified atom stereocenters. The van der Waals surface area contributed by atoms with Crippen molar-refractivity contribution in [2.24, 2.45) is 0 Å². The first-order chi connectivity index (χ1) is 18.4. The average molecular weight is 518 g/mol. The molecule has 1 amide bonds. The van der Waals surface area contributed by atoms with Gasteiger partial charge in [0, 0.05) is 12.1 Å². The fraction of sp³-hybridized carbons (Fsp3) is 0.290. The van der Waals surface area contributed by atoms with Crippen LogP contribution in [0.2, 0.25) is 0 Å². The van der Waals surface area contributed by atoms with E-state index in [1.54, 1.807) is 42.5 Å². The van der Waals surface area contributed by atoms with Crippen LogP contribution in [-0.2, 0) is 27.3 Å². The van der Waals surface area contributed by atoms with Crippen molar-refractivity contribution < 1.29 is 28.6 Å². The van der Waals surface area contributed by atoms with E-state index in [-0.39, 0.29) is 24.4 Å². The molecule has 0 spiro atoms. The number of aryl methyl sites for hydroxylation is 1. The third-order valence-electron chi connectivity index (χ3n) is 6.63. The Kier molecular flexibility index (Phi) is 8.92. The van der Waals surface area contributed by atoms with Crippen LogP contribution in [0.25, 0.3) is 6.08 Å². The highest BCUT2D eigenvalue weighted by Crippen LogP contribution is 2.37. The summed E-state index contributed by atoms with van der Waals surface area (Å²) < 4.78 is 24.5. The van der Waals surface area contributed by atoms with E-state index < -0.39 is 23.8 Å². The highest BCUT2D eigenvalue weighted by atomic mass is 19.1. The largest absolute Gasteiger partial charge is 0.456 e. The lowest BCUT2D eigenvalue weighted by molar-refractivity contribution is -0.168. The number of benzene rings is 3. The van der Waals surface area contributed by atoms with E-state index in [1.165, 1.54) is 12.1 Å². The molecule has 4 rings (SSSR count). The molecule has 6 nitrogen and oxygen atoms in total. The summed E-state index contributed by atoms with van der Waals surface area (Å²) in [5.74, 6) is -0.855. The fourth-order valence-electron chi connectivity index (χ4n) is 4.72. The van der Waals surface area contributed by atoms with Gasteiger partial charge in [-0.3, -0.25) is 5.32 Å². The quantitative estimate of drug-likeness (QED) is 0.252. The van der Waals surface area contributed by atoms with Crippen molar-refractivity contribution >= 4 is 23.8 Å². The summed E-state index contributed by atoms with van der Waals surface area (Å²) in [6.45, 7) is 2.16. The van der Waals surface area contributed by atoms with Gasteiger partial charge in [0.15, 0.2) is 0 Å². The van der Waals surface area contributed by atoms with Gasteiger partial charge in [-0.1, -0.05) is 67.9 Å². The number of cyclic esters (lactones) is 1. The Labute approximate surface area is 222 Å². The number of hydrogen-bond donors (Lipinski definition) is 2. The maximum absolute atomic E-state index is 13.3. The topological polar surface area (TPSA) is 84.9 Å². The van der Waals surface area contributed by atoms with Gasteiger partial charge in [0.2, 0.25) is 0 Å². The molecule has 198 valence electrons. The Morgan fingerprint density at radius 2 is 1.84 bits per heavy atom. The van der Waals surface area contributed by atoms with E-state index in [0.717, 1.165) is 17.5 Å².